The van der Waals surface area contributed by atoms with Gasteiger partial charge in [-0.25, -0.2) is 0 Å². The standard InChI is InChI=1S/C23H21N3O3/c27-22(25-15-17-4-2-1-3-5-17)19-6-7-21-20(14-19)16-26(12-13-29-21)23(28)18-8-10-24-11-9-18/h1-11,14H,12-13,15-16H2,(H,25,27). The molecule has 0 spiro atoms. The molecule has 0 aliphatic carbocycles. The topological polar surface area (TPSA) is 71.5 Å². The maximum atomic E-state index is 12.8. The van der Waals surface area contributed by atoms with Crippen LogP contribution >= 0.6 is 0 Å². The van der Waals surface area contributed by atoms with Crippen LogP contribution in [0, 0.1) is 0 Å². The second-order valence-corrected chi connectivity index (χ2v) is 6.80. The molecule has 6 heteroatoms. The molecule has 1 aliphatic rings. The molecule has 0 fully saturated rings. The van der Waals surface area contributed by atoms with Crippen molar-refractivity contribution in [3.05, 3.63) is 95.3 Å². The van der Waals surface area contributed by atoms with Gasteiger partial charge in [0.2, 0.25) is 0 Å². The number of carbonyl (C=O) groups excluding carboxylic acids is 2. The van der Waals surface area contributed by atoms with E-state index in [2.05, 4.69) is 10.3 Å². The second kappa shape index (κ2) is 8.56. The van der Waals surface area contributed by atoms with Crippen molar-refractivity contribution in [1.82, 2.24) is 15.2 Å². The molecular formula is C23H21N3O3. The smallest absolute Gasteiger partial charge is 0.254 e. The highest BCUT2D eigenvalue weighted by Gasteiger charge is 2.22. The largest absolute Gasteiger partial charge is 0.491 e. The molecule has 0 atom stereocenters. The van der Waals surface area contributed by atoms with Crippen molar-refractivity contribution in [2.75, 3.05) is 13.2 Å². The van der Waals surface area contributed by atoms with Gasteiger partial charge in [-0.15, -0.1) is 0 Å². The molecule has 1 aliphatic heterocycles. The van der Waals surface area contributed by atoms with Crippen LogP contribution in [0.5, 0.6) is 5.75 Å². The fraction of sp³-hybridized carbons (Fsp3) is 0.174. The number of fused-ring (bicyclic) bond motifs is 1. The number of pyridine rings is 1. The summed E-state index contributed by atoms with van der Waals surface area (Å²) in [6.45, 7) is 1.73. The van der Waals surface area contributed by atoms with E-state index in [1.807, 2.05) is 30.3 Å². The molecule has 2 heterocycles. The number of benzene rings is 2. The number of hydrogen-bond acceptors (Lipinski definition) is 4. The van der Waals surface area contributed by atoms with Crippen LogP contribution in [0.3, 0.4) is 0 Å². The molecule has 146 valence electrons. The highest BCUT2D eigenvalue weighted by molar-refractivity contribution is 5.95. The Morgan fingerprint density at radius 1 is 1.00 bits per heavy atom. The first kappa shape index (κ1) is 18.7. The van der Waals surface area contributed by atoms with Gasteiger partial charge in [0.05, 0.1) is 6.54 Å². The molecular weight excluding hydrogens is 366 g/mol. The van der Waals surface area contributed by atoms with E-state index in [1.165, 1.54) is 0 Å². The monoisotopic (exact) mass is 387 g/mol. The van der Waals surface area contributed by atoms with Gasteiger partial charge in [-0.3, -0.25) is 14.6 Å². The zero-order valence-electron chi connectivity index (χ0n) is 15.9. The van der Waals surface area contributed by atoms with Crippen LogP contribution in [0.15, 0.2) is 73.1 Å². The average Bonchev–Trinajstić information content (AvgIpc) is 3.00. The van der Waals surface area contributed by atoms with E-state index < -0.39 is 0 Å². The first-order chi connectivity index (χ1) is 14.2. The fourth-order valence-electron chi connectivity index (χ4n) is 3.27. The normalized spacial score (nSPS) is 13.0. The molecule has 6 nitrogen and oxygen atoms in total. The maximum Gasteiger partial charge on any atom is 0.254 e. The minimum Gasteiger partial charge on any atom is -0.491 e. The van der Waals surface area contributed by atoms with Crippen LogP contribution in [0.25, 0.3) is 0 Å². The molecule has 0 saturated carbocycles. The third kappa shape index (κ3) is 4.43. The highest BCUT2D eigenvalue weighted by atomic mass is 16.5. The highest BCUT2D eigenvalue weighted by Crippen LogP contribution is 2.25. The summed E-state index contributed by atoms with van der Waals surface area (Å²) in [5, 5.41) is 2.93. The molecule has 2 aromatic carbocycles. The van der Waals surface area contributed by atoms with Crippen LogP contribution in [0.4, 0.5) is 0 Å². The fourth-order valence-corrected chi connectivity index (χ4v) is 3.27. The van der Waals surface area contributed by atoms with Crippen molar-refractivity contribution in [1.29, 1.82) is 0 Å². The Kier molecular flexibility index (Phi) is 5.52. The molecule has 29 heavy (non-hydrogen) atoms. The summed E-state index contributed by atoms with van der Waals surface area (Å²) < 4.78 is 5.79. The van der Waals surface area contributed by atoms with E-state index >= 15 is 0 Å². The van der Waals surface area contributed by atoms with Crippen molar-refractivity contribution >= 4 is 11.8 Å². The van der Waals surface area contributed by atoms with Gasteiger partial charge in [0.25, 0.3) is 11.8 Å². The first-order valence-corrected chi connectivity index (χ1v) is 9.48. The lowest BCUT2D eigenvalue weighted by Crippen LogP contribution is -2.32. The minimum atomic E-state index is -0.159. The Morgan fingerprint density at radius 2 is 1.79 bits per heavy atom. The first-order valence-electron chi connectivity index (χ1n) is 9.48. The van der Waals surface area contributed by atoms with E-state index in [9.17, 15) is 9.59 Å². The number of ether oxygens (including phenoxy) is 1. The van der Waals surface area contributed by atoms with E-state index in [4.69, 9.17) is 4.74 Å². The number of rotatable bonds is 4. The minimum absolute atomic E-state index is 0.0808. The third-order valence-corrected chi connectivity index (χ3v) is 4.81. The molecule has 1 N–H and O–H groups in total. The van der Waals surface area contributed by atoms with E-state index in [0.29, 0.717) is 43.1 Å². The molecule has 3 aromatic rings. The molecule has 4 rings (SSSR count). The summed E-state index contributed by atoms with van der Waals surface area (Å²) in [5.74, 6) is 0.463. The van der Waals surface area contributed by atoms with Crippen molar-refractivity contribution < 1.29 is 14.3 Å². The number of carbonyl (C=O) groups is 2. The summed E-state index contributed by atoms with van der Waals surface area (Å²) in [6.07, 6.45) is 3.20. The molecule has 1 aromatic heterocycles. The quantitative estimate of drug-likeness (QED) is 0.747. The number of aromatic nitrogens is 1. The Morgan fingerprint density at radius 3 is 2.59 bits per heavy atom. The van der Waals surface area contributed by atoms with Gasteiger partial charge in [-0.05, 0) is 35.9 Å². The van der Waals surface area contributed by atoms with Crippen LogP contribution in [0.2, 0.25) is 0 Å². The van der Waals surface area contributed by atoms with Crippen molar-refractivity contribution in [2.24, 2.45) is 0 Å². The average molecular weight is 387 g/mol. The Labute approximate surface area is 169 Å². The summed E-state index contributed by atoms with van der Waals surface area (Å²) in [4.78, 5) is 31.1. The molecule has 0 saturated heterocycles. The zero-order valence-corrected chi connectivity index (χ0v) is 15.9. The van der Waals surface area contributed by atoms with E-state index in [0.717, 1.165) is 11.1 Å². The van der Waals surface area contributed by atoms with Gasteiger partial charge in [0.1, 0.15) is 12.4 Å². The van der Waals surface area contributed by atoms with Gasteiger partial charge >= 0.3 is 0 Å². The number of nitrogens with one attached hydrogen (secondary N) is 1. The SMILES string of the molecule is O=C(NCc1ccccc1)c1ccc2c(c1)CN(C(=O)c1ccncc1)CCO2. The Bertz CT molecular complexity index is 1010. The predicted molar refractivity (Wildman–Crippen MR) is 109 cm³/mol. The summed E-state index contributed by atoms with van der Waals surface area (Å²) in [6, 6.07) is 18.5. The van der Waals surface area contributed by atoms with E-state index in [-0.39, 0.29) is 11.8 Å². The van der Waals surface area contributed by atoms with Crippen molar-refractivity contribution in [2.45, 2.75) is 13.1 Å². The van der Waals surface area contributed by atoms with Gasteiger partial charge in [0.15, 0.2) is 0 Å². The summed E-state index contributed by atoms with van der Waals surface area (Å²) in [5.41, 5.74) is 2.98. The van der Waals surface area contributed by atoms with Gasteiger partial charge in [-0.2, -0.15) is 0 Å². The predicted octanol–water partition coefficient (Wildman–Crippen LogP) is 3.05. The number of amides is 2. The lowest BCUT2D eigenvalue weighted by atomic mass is 10.1. The maximum absolute atomic E-state index is 12.8. The molecule has 0 unspecified atom stereocenters. The number of nitrogens with zero attached hydrogens (tertiary/aromatic N) is 2. The third-order valence-electron chi connectivity index (χ3n) is 4.81. The molecule has 0 radical (unpaired) electrons. The Hall–Kier alpha value is -3.67. The van der Waals surface area contributed by atoms with Crippen LogP contribution < -0.4 is 10.1 Å². The van der Waals surface area contributed by atoms with Gasteiger partial charge < -0.3 is 15.0 Å². The second-order valence-electron chi connectivity index (χ2n) is 6.80. The molecule has 0 bridgehead atoms. The summed E-state index contributed by atoms with van der Waals surface area (Å²) in [7, 11) is 0. The van der Waals surface area contributed by atoms with Gasteiger partial charge in [0, 0.05) is 42.2 Å². The van der Waals surface area contributed by atoms with E-state index in [1.54, 1.807) is 47.6 Å². The van der Waals surface area contributed by atoms with Crippen LogP contribution in [-0.4, -0.2) is 34.8 Å². The molecule has 2 amide bonds. The lowest BCUT2D eigenvalue weighted by molar-refractivity contribution is 0.0733. The van der Waals surface area contributed by atoms with Crippen LogP contribution in [-0.2, 0) is 13.1 Å². The summed E-state index contributed by atoms with van der Waals surface area (Å²) >= 11 is 0. The van der Waals surface area contributed by atoms with Gasteiger partial charge in [-0.1, -0.05) is 30.3 Å². The lowest BCUT2D eigenvalue weighted by Gasteiger charge is -2.20. The Balaban J connectivity index is 1.49. The van der Waals surface area contributed by atoms with Crippen molar-refractivity contribution in [3.63, 3.8) is 0 Å². The number of hydrogen-bond donors (Lipinski definition) is 1. The van der Waals surface area contributed by atoms with Crippen LogP contribution in [0.1, 0.15) is 31.8 Å². The van der Waals surface area contributed by atoms with Crippen molar-refractivity contribution in [3.8, 4) is 5.75 Å². The zero-order chi connectivity index (χ0) is 20.1.